The number of benzene rings is 2. The highest BCUT2D eigenvalue weighted by Crippen LogP contribution is 2.27. The summed E-state index contributed by atoms with van der Waals surface area (Å²) in [5.41, 5.74) is 3.29. The summed E-state index contributed by atoms with van der Waals surface area (Å²) in [6, 6.07) is 11.3. The quantitative estimate of drug-likeness (QED) is 0.761. The van der Waals surface area contributed by atoms with Gasteiger partial charge in [0, 0.05) is 11.8 Å². The van der Waals surface area contributed by atoms with E-state index >= 15 is 0 Å². The van der Waals surface area contributed by atoms with E-state index in [9.17, 15) is 4.79 Å². The highest BCUT2D eigenvalue weighted by molar-refractivity contribution is 5.90. The Bertz CT molecular complexity index is 911. The van der Waals surface area contributed by atoms with E-state index in [2.05, 4.69) is 4.98 Å². The number of H-pyrrole nitrogens is 1. The molecule has 1 heterocycles. The highest BCUT2D eigenvalue weighted by Gasteiger charge is 2.13. The Hall–Kier alpha value is -2.75. The molecule has 0 unspecified atom stereocenters. The zero-order valence-corrected chi connectivity index (χ0v) is 14.2. The third kappa shape index (κ3) is 2.87. The molecule has 0 atom stereocenters. The molecule has 4 nitrogen and oxygen atoms in total. The lowest BCUT2D eigenvalue weighted by Gasteiger charge is -2.11. The number of nitrogens with one attached hydrogen (secondary N) is 1. The zero-order chi connectivity index (χ0) is 17.1. The van der Waals surface area contributed by atoms with Gasteiger partial charge in [-0.3, -0.25) is 4.79 Å². The molecule has 1 aromatic heterocycles. The number of fused-ring (bicyclic) bond motifs is 1. The molecule has 24 heavy (non-hydrogen) atoms. The average molecular weight is 323 g/mol. The van der Waals surface area contributed by atoms with E-state index in [1.165, 1.54) is 0 Å². The molecule has 4 heteroatoms. The van der Waals surface area contributed by atoms with Crippen LogP contribution in [0.5, 0.6) is 11.5 Å². The first-order valence-corrected chi connectivity index (χ1v) is 8.08. The van der Waals surface area contributed by atoms with Crippen molar-refractivity contribution in [2.45, 2.75) is 20.3 Å². The molecule has 0 saturated heterocycles. The van der Waals surface area contributed by atoms with Gasteiger partial charge in [-0.1, -0.05) is 25.1 Å². The summed E-state index contributed by atoms with van der Waals surface area (Å²) >= 11 is 0. The number of pyridine rings is 1. The lowest BCUT2D eigenvalue weighted by atomic mass is 10.0. The Morgan fingerprint density at radius 2 is 1.83 bits per heavy atom. The van der Waals surface area contributed by atoms with Gasteiger partial charge in [-0.15, -0.1) is 0 Å². The molecule has 0 aliphatic carbocycles. The van der Waals surface area contributed by atoms with Crippen LogP contribution in [0.25, 0.3) is 22.0 Å². The van der Waals surface area contributed by atoms with Crippen molar-refractivity contribution in [3.63, 3.8) is 0 Å². The second-order valence-corrected chi connectivity index (χ2v) is 5.74. The maximum Gasteiger partial charge on any atom is 0.200 e. The van der Waals surface area contributed by atoms with Crippen LogP contribution in [0, 0.1) is 6.92 Å². The number of hydrogen-bond donors (Lipinski definition) is 1. The molecule has 0 fully saturated rings. The summed E-state index contributed by atoms with van der Waals surface area (Å²) in [7, 11) is 1.62. The molecular weight excluding hydrogens is 302 g/mol. The van der Waals surface area contributed by atoms with Gasteiger partial charge in [-0.2, -0.15) is 0 Å². The molecule has 0 radical (unpaired) electrons. The summed E-state index contributed by atoms with van der Waals surface area (Å²) in [5.74, 6) is 1.40. The molecule has 0 saturated carbocycles. The van der Waals surface area contributed by atoms with Crippen LogP contribution in [0.4, 0.5) is 0 Å². The number of aromatic amines is 1. The van der Waals surface area contributed by atoms with Crippen molar-refractivity contribution in [2.75, 3.05) is 13.7 Å². The summed E-state index contributed by atoms with van der Waals surface area (Å²) in [6.07, 6.45) is 2.66. The minimum atomic E-state index is -0.0243. The Morgan fingerprint density at radius 3 is 2.50 bits per heavy atom. The van der Waals surface area contributed by atoms with E-state index in [-0.39, 0.29) is 5.43 Å². The fourth-order valence-electron chi connectivity index (χ4n) is 2.76. The van der Waals surface area contributed by atoms with Gasteiger partial charge in [-0.05, 0) is 42.7 Å². The van der Waals surface area contributed by atoms with Crippen molar-refractivity contribution in [1.29, 1.82) is 0 Å². The Morgan fingerprint density at radius 1 is 1.08 bits per heavy atom. The van der Waals surface area contributed by atoms with Crippen LogP contribution in [-0.4, -0.2) is 18.7 Å². The smallest absolute Gasteiger partial charge is 0.200 e. The lowest BCUT2D eigenvalue weighted by molar-refractivity contribution is 0.321. The first-order valence-electron chi connectivity index (χ1n) is 8.08. The van der Waals surface area contributed by atoms with Crippen LogP contribution in [0.1, 0.15) is 18.9 Å². The summed E-state index contributed by atoms with van der Waals surface area (Å²) < 4.78 is 11.0. The van der Waals surface area contributed by atoms with E-state index in [1.54, 1.807) is 13.3 Å². The van der Waals surface area contributed by atoms with Crippen molar-refractivity contribution < 1.29 is 9.47 Å². The number of aromatic nitrogens is 1. The van der Waals surface area contributed by atoms with Gasteiger partial charge in [0.2, 0.25) is 5.43 Å². The standard InChI is InChI=1S/C20H21NO3/c1-4-11-24-17-10-5-13(2)19-18(17)20(22)16(12-21-19)14-6-8-15(23-3)9-7-14/h5-10,12H,4,11H2,1-3H3,(H,21,22). The number of aryl methyl sites for hydroxylation is 1. The third-order valence-corrected chi connectivity index (χ3v) is 4.07. The molecule has 3 rings (SSSR count). The third-order valence-electron chi connectivity index (χ3n) is 4.07. The monoisotopic (exact) mass is 323 g/mol. The molecule has 0 aliphatic rings. The van der Waals surface area contributed by atoms with Gasteiger partial charge in [0.25, 0.3) is 0 Å². The van der Waals surface area contributed by atoms with Crippen LogP contribution in [0.15, 0.2) is 47.4 Å². The zero-order valence-electron chi connectivity index (χ0n) is 14.2. The van der Waals surface area contributed by atoms with Crippen LogP contribution in [-0.2, 0) is 0 Å². The minimum Gasteiger partial charge on any atom is -0.497 e. The Kier molecular flexibility index (Phi) is 4.56. The predicted octanol–water partition coefficient (Wildman–Crippen LogP) is 4.30. The van der Waals surface area contributed by atoms with Crippen molar-refractivity contribution in [3.05, 3.63) is 58.4 Å². The molecule has 124 valence electrons. The van der Waals surface area contributed by atoms with Gasteiger partial charge in [0.15, 0.2) is 0 Å². The van der Waals surface area contributed by atoms with Crippen LogP contribution in [0.2, 0.25) is 0 Å². The average Bonchev–Trinajstić information content (AvgIpc) is 2.62. The summed E-state index contributed by atoms with van der Waals surface area (Å²) in [6.45, 7) is 4.61. The fourth-order valence-corrected chi connectivity index (χ4v) is 2.76. The van der Waals surface area contributed by atoms with Gasteiger partial charge in [0.1, 0.15) is 11.5 Å². The van der Waals surface area contributed by atoms with E-state index in [4.69, 9.17) is 9.47 Å². The summed E-state index contributed by atoms with van der Waals surface area (Å²) in [4.78, 5) is 16.3. The van der Waals surface area contributed by atoms with Gasteiger partial charge >= 0.3 is 0 Å². The molecule has 0 spiro atoms. The van der Waals surface area contributed by atoms with Crippen molar-refractivity contribution in [1.82, 2.24) is 4.98 Å². The number of methoxy groups -OCH3 is 1. The molecule has 0 aliphatic heterocycles. The van der Waals surface area contributed by atoms with Gasteiger partial charge in [-0.25, -0.2) is 0 Å². The number of rotatable bonds is 5. The Balaban J connectivity index is 2.20. The largest absolute Gasteiger partial charge is 0.497 e. The van der Waals surface area contributed by atoms with E-state index < -0.39 is 0 Å². The summed E-state index contributed by atoms with van der Waals surface area (Å²) in [5, 5.41) is 0.608. The van der Waals surface area contributed by atoms with E-state index in [1.807, 2.05) is 50.2 Å². The van der Waals surface area contributed by atoms with Crippen molar-refractivity contribution in [3.8, 4) is 22.6 Å². The fraction of sp³-hybridized carbons (Fsp3) is 0.250. The van der Waals surface area contributed by atoms with Crippen LogP contribution in [0.3, 0.4) is 0 Å². The highest BCUT2D eigenvalue weighted by atomic mass is 16.5. The van der Waals surface area contributed by atoms with Gasteiger partial charge < -0.3 is 14.5 Å². The number of ether oxygens (including phenoxy) is 2. The van der Waals surface area contributed by atoms with Gasteiger partial charge in [0.05, 0.1) is 24.6 Å². The van der Waals surface area contributed by atoms with Crippen molar-refractivity contribution in [2.24, 2.45) is 0 Å². The molecular formula is C20H21NO3. The second-order valence-electron chi connectivity index (χ2n) is 5.74. The minimum absolute atomic E-state index is 0.0243. The SMILES string of the molecule is CCCOc1ccc(C)c2[nH]cc(-c3ccc(OC)cc3)c(=O)c12. The topological polar surface area (TPSA) is 51.3 Å². The maximum atomic E-state index is 13.1. The van der Waals surface area contributed by atoms with E-state index in [0.29, 0.717) is 23.3 Å². The van der Waals surface area contributed by atoms with E-state index in [0.717, 1.165) is 28.8 Å². The first kappa shape index (κ1) is 16.1. The van der Waals surface area contributed by atoms with Crippen LogP contribution >= 0.6 is 0 Å². The van der Waals surface area contributed by atoms with Crippen LogP contribution < -0.4 is 14.9 Å². The Labute approximate surface area is 141 Å². The second kappa shape index (κ2) is 6.79. The molecule has 2 aromatic carbocycles. The maximum absolute atomic E-state index is 13.1. The molecule has 0 bridgehead atoms. The normalized spacial score (nSPS) is 10.8. The number of hydrogen-bond acceptors (Lipinski definition) is 3. The van der Waals surface area contributed by atoms with Crippen molar-refractivity contribution >= 4 is 10.9 Å². The molecule has 0 amide bonds. The predicted molar refractivity (Wildman–Crippen MR) is 97.1 cm³/mol. The first-order chi connectivity index (χ1) is 11.7. The molecule has 1 N–H and O–H groups in total. The lowest BCUT2D eigenvalue weighted by Crippen LogP contribution is -2.09. The molecule has 3 aromatic rings.